The van der Waals surface area contributed by atoms with Gasteiger partial charge in [0.25, 0.3) is 15.9 Å². The molecule has 16 heteroatoms. The lowest BCUT2D eigenvalue weighted by Gasteiger charge is -2.30. The zero-order valence-electron chi connectivity index (χ0n) is 32.5. The van der Waals surface area contributed by atoms with Crippen LogP contribution in [0.5, 0.6) is 0 Å². The SMILES string of the molecule is Cc1ccc(S(=O)(=O)NC(=O)[C@@]23CC2/C=C/CCCCC[C@@H](NC(=O)OC2CCCC2)C(=O)N2C[C@H](OC(Cc4cccs4)=Nc4ccccc4)C[C@H]2C(=O)N3)nc1. The van der Waals surface area contributed by atoms with Crippen LogP contribution in [0.3, 0.4) is 0 Å². The van der Waals surface area contributed by atoms with Crippen molar-refractivity contribution in [3.8, 4) is 0 Å². The third-order valence-electron chi connectivity index (χ3n) is 11.1. The van der Waals surface area contributed by atoms with Crippen molar-refractivity contribution in [2.75, 3.05) is 6.54 Å². The number of benzene rings is 1. The van der Waals surface area contributed by atoms with E-state index in [0.29, 0.717) is 37.3 Å². The second kappa shape index (κ2) is 18.2. The van der Waals surface area contributed by atoms with Crippen molar-refractivity contribution in [1.82, 2.24) is 25.2 Å². The number of alkyl carbamates (subject to hydrolysis) is 1. The Morgan fingerprint density at radius 2 is 1.78 bits per heavy atom. The molecule has 3 fully saturated rings. The van der Waals surface area contributed by atoms with Crippen molar-refractivity contribution in [3.05, 3.63) is 88.8 Å². The van der Waals surface area contributed by atoms with Gasteiger partial charge in [0, 0.05) is 23.4 Å². The first-order valence-electron chi connectivity index (χ1n) is 20.1. The zero-order chi connectivity index (χ0) is 40.7. The maximum atomic E-state index is 14.6. The fourth-order valence-corrected chi connectivity index (χ4v) is 9.55. The number of pyridine rings is 1. The lowest BCUT2D eigenvalue weighted by Crippen LogP contribution is -2.58. The number of allylic oxidation sites excluding steroid dienone is 1. The number of thiophene rings is 1. The molecule has 2 aliphatic carbocycles. The summed E-state index contributed by atoms with van der Waals surface area (Å²) in [7, 11) is -4.38. The van der Waals surface area contributed by atoms with Crippen molar-refractivity contribution >= 4 is 56.8 Å². The molecule has 14 nitrogen and oxygen atoms in total. The van der Waals surface area contributed by atoms with E-state index in [0.717, 1.165) is 49.0 Å². The topological polar surface area (TPSA) is 185 Å². The normalized spacial score (nSPS) is 26.3. The lowest BCUT2D eigenvalue weighted by molar-refractivity contribution is -0.141. The van der Waals surface area contributed by atoms with Gasteiger partial charge in [-0.15, -0.1) is 11.3 Å². The standard InChI is InChI=1S/C42H50N6O8S2/c1-28-20-21-37(43-26-28)58(53,54)47-40(51)42-25-29(42)13-6-3-2-4-9-19-34(45-41(52)56-31-16-10-11-17-31)39(50)48-27-32(23-35(48)38(49)46-42)55-36(24-33-18-12-22-57-33)44-30-14-7-5-8-15-30/h5-8,12-15,18,20-22,26,29,31-32,34-35H,2-4,9-11,16-17,19,23-25,27H2,1H3,(H,45,52)(H,46,49)(H,47,51)/b13-6+,44-36?/t29?,32-,34-,35+,42-/m1/s1. The summed E-state index contributed by atoms with van der Waals surface area (Å²) in [5, 5.41) is 7.35. The third kappa shape index (κ3) is 10.1. The Kier molecular flexibility index (Phi) is 12.9. The number of aliphatic imine (C=N–C) groups is 1. The van der Waals surface area contributed by atoms with Gasteiger partial charge in [0.2, 0.25) is 11.8 Å². The molecule has 0 radical (unpaired) electrons. The van der Waals surface area contributed by atoms with Crippen LogP contribution in [0.1, 0.15) is 81.1 Å². The first kappa shape index (κ1) is 41.1. The highest BCUT2D eigenvalue weighted by Gasteiger charge is 2.61. The zero-order valence-corrected chi connectivity index (χ0v) is 34.1. The number of para-hydroxylation sites is 1. The van der Waals surface area contributed by atoms with Crippen LogP contribution in [-0.4, -0.2) is 84.4 Å². The minimum Gasteiger partial charge on any atom is -0.475 e. The number of hydrogen-bond donors (Lipinski definition) is 3. The highest BCUT2D eigenvalue weighted by Crippen LogP contribution is 2.46. The number of carbonyl (C=O) groups is 4. The number of rotatable bonds is 9. The van der Waals surface area contributed by atoms with E-state index in [-0.39, 0.29) is 30.5 Å². The number of nitrogens with one attached hydrogen (secondary N) is 3. The summed E-state index contributed by atoms with van der Waals surface area (Å²) >= 11 is 1.55. The van der Waals surface area contributed by atoms with Crippen molar-refractivity contribution in [1.29, 1.82) is 0 Å². The molecule has 3 aromatic rings. The van der Waals surface area contributed by atoms with E-state index in [1.54, 1.807) is 24.3 Å². The van der Waals surface area contributed by atoms with Gasteiger partial charge >= 0.3 is 6.09 Å². The third-order valence-corrected chi connectivity index (χ3v) is 13.2. The monoisotopic (exact) mass is 830 g/mol. The highest BCUT2D eigenvalue weighted by atomic mass is 32.2. The van der Waals surface area contributed by atoms with Gasteiger partial charge in [-0.2, -0.15) is 8.42 Å². The van der Waals surface area contributed by atoms with Gasteiger partial charge in [0.05, 0.1) is 18.7 Å². The molecule has 58 heavy (non-hydrogen) atoms. The van der Waals surface area contributed by atoms with Gasteiger partial charge in [-0.1, -0.05) is 55.3 Å². The van der Waals surface area contributed by atoms with Crippen LogP contribution in [0.15, 0.2) is 88.3 Å². The molecule has 0 spiro atoms. The molecule has 3 N–H and O–H groups in total. The van der Waals surface area contributed by atoms with E-state index in [2.05, 4.69) is 20.3 Å². The molecule has 5 atom stereocenters. The smallest absolute Gasteiger partial charge is 0.408 e. The molecular formula is C42H50N6O8S2. The van der Waals surface area contributed by atoms with Gasteiger partial charge in [-0.05, 0) is 93.5 Å². The Labute approximate surface area is 342 Å². The summed E-state index contributed by atoms with van der Waals surface area (Å²) in [6.45, 7) is 1.77. The number of ether oxygens (including phenoxy) is 2. The molecule has 7 rings (SSSR count). The van der Waals surface area contributed by atoms with Crippen LogP contribution in [0, 0.1) is 12.8 Å². The van der Waals surface area contributed by atoms with E-state index >= 15 is 0 Å². The number of amides is 4. The van der Waals surface area contributed by atoms with Crippen LogP contribution >= 0.6 is 11.3 Å². The molecular weight excluding hydrogens is 781 g/mol. The Balaban J connectivity index is 1.18. The van der Waals surface area contributed by atoms with E-state index in [4.69, 9.17) is 14.5 Å². The summed E-state index contributed by atoms with van der Waals surface area (Å²) in [5.41, 5.74) is -0.171. The average Bonchev–Trinajstić information content (AvgIpc) is 3.67. The fourth-order valence-electron chi connectivity index (χ4n) is 7.89. The minimum atomic E-state index is -4.38. The Hall–Kier alpha value is -5.09. The molecule has 2 aromatic heterocycles. The lowest BCUT2D eigenvalue weighted by atomic mass is 10.0. The second-order valence-corrected chi connectivity index (χ2v) is 18.2. The number of hydrogen-bond acceptors (Lipinski definition) is 11. The molecule has 1 aromatic carbocycles. The predicted octanol–water partition coefficient (Wildman–Crippen LogP) is 5.65. The number of fused-ring (bicyclic) bond motifs is 2. The van der Waals surface area contributed by atoms with Gasteiger partial charge in [0.1, 0.15) is 29.8 Å². The van der Waals surface area contributed by atoms with E-state index in [1.807, 2.05) is 60.0 Å². The molecule has 1 saturated heterocycles. The van der Waals surface area contributed by atoms with Crippen LogP contribution in [-0.2, 0) is 40.3 Å². The van der Waals surface area contributed by atoms with Crippen molar-refractivity contribution < 1.29 is 37.1 Å². The van der Waals surface area contributed by atoms with Crippen LogP contribution in [0.2, 0.25) is 0 Å². The number of aromatic nitrogens is 1. The first-order valence-corrected chi connectivity index (χ1v) is 22.4. The van der Waals surface area contributed by atoms with Gasteiger partial charge in [0.15, 0.2) is 10.9 Å². The molecule has 1 unspecified atom stereocenters. The minimum absolute atomic E-state index is 0.00102. The molecule has 4 aliphatic rings. The number of nitrogens with zero attached hydrogens (tertiary/aromatic N) is 3. The van der Waals surface area contributed by atoms with Gasteiger partial charge in [-0.3, -0.25) is 14.4 Å². The number of sulfonamides is 1. The summed E-state index contributed by atoms with van der Waals surface area (Å²) in [4.78, 5) is 67.6. The number of carbonyl (C=O) groups excluding carboxylic acids is 4. The largest absolute Gasteiger partial charge is 0.475 e. The highest BCUT2D eigenvalue weighted by molar-refractivity contribution is 7.90. The molecule has 2 aliphatic heterocycles. The Morgan fingerprint density at radius 1 is 0.983 bits per heavy atom. The van der Waals surface area contributed by atoms with E-state index in [9.17, 15) is 27.6 Å². The maximum Gasteiger partial charge on any atom is 0.408 e. The quantitative estimate of drug-likeness (QED) is 0.139. The molecule has 2 saturated carbocycles. The van der Waals surface area contributed by atoms with Gasteiger partial charge < -0.3 is 25.0 Å². The number of aryl methyl sites for hydroxylation is 1. The fraction of sp³-hybridized carbons (Fsp3) is 0.476. The van der Waals surface area contributed by atoms with E-state index < -0.39 is 63.5 Å². The van der Waals surface area contributed by atoms with Gasteiger partial charge in [-0.25, -0.2) is 19.5 Å². The summed E-state index contributed by atoms with van der Waals surface area (Å²) in [6, 6.07) is 14.0. The van der Waals surface area contributed by atoms with Crippen LogP contribution in [0.4, 0.5) is 10.5 Å². The summed E-state index contributed by atoms with van der Waals surface area (Å²) < 4.78 is 41.1. The van der Waals surface area contributed by atoms with Crippen molar-refractivity contribution in [2.45, 2.75) is 119 Å². The van der Waals surface area contributed by atoms with Crippen molar-refractivity contribution in [2.24, 2.45) is 10.9 Å². The molecule has 0 bridgehead atoms. The maximum absolute atomic E-state index is 14.6. The first-order chi connectivity index (χ1) is 28.0. The second-order valence-electron chi connectivity index (χ2n) is 15.5. The Morgan fingerprint density at radius 3 is 2.52 bits per heavy atom. The summed E-state index contributed by atoms with van der Waals surface area (Å²) in [5.74, 6) is -2.09. The molecule has 4 heterocycles. The van der Waals surface area contributed by atoms with E-state index in [1.165, 1.54) is 17.2 Å². The molecule has 4 amide bonds. The molecule has 308 valence electrons. The van der Waals surface area contributed by atoms with Crippen molar-refractivity contribution in [3.63, 3.8) is 0 Å². The summed E-state index contributed by atoms with van der Waals surface area (Å²) in [6.07, 6.45) is 10.9. The van der Waals surface area contributed by atoms with Crippen LogP contribution < -0.4 is 15.4 Å². The predicted molar refractivity (Wildman–Crippen MR) is 218 cm³/mol. The Bertz CT molecular complexity index is 2110. The average molecular weight is 831 g/mol. The van der Waals surface area contributed by atoms with Crippen LogP contribution in [0.25, 0.3) is 0 Å².